The molecular weight excluding hydrogens is 861 g/mol. The number of benzene rings is 4. The number of hydrogen-bond acceptors (Lipinski definition) is 1. The number of hydrogen-bond donors (Lipinski definition) is 0. The maximum absolute atomic E-state index is 6.62. The molecule has 0 unspecified atom stereocenters. The first-order chi connectivity index (χ1) is 23.7. The minimum absolute atomic E-state index is 0. The van der Waals surface area contributed by atoms with Gasteiger partial charge in [-0.1, -0.05) is 92.6 Å². The maximum Gasteiger partial charge on any atom is 0 e. The van der Waals surface area contributed by atoms with Crippen molar-refractivity contribution in [3.8, 4) is 33.6 Å². The van der Waals surface area contributed by atoms with Gasteiger partial charge in [-0.3, -0.25) is 0 Å². The Hall–Kier alpha value is -4.35. The largest absolute Gasteiger partial charge is 0 e. The molecular formula is C46H48GeIrN2O-2. The van der Waals surface area contributed by atoms with Crippen LogP contribution in [0.1, 0.15) is 37.5 Å². The number of fused-ring (bicyclic) bond motifs is 3. The van der Waals surface area contributed by atoms with Crippen LogP contribution in [-0.4, -0.2) is 13.3 Å². The summed E-state index contributed by atoms with van der Waals surface area (Å²) in [6, 6.07) is 37.9. The molecule has 4 aromatic carbocycles. The Labute approximate surface area is 321 Å². The molecule has 263 valence electrons. The van der Waals surface area contributed by atoms with Crippen molar-refractivity contribution < 1.29 is 33.7 Å². The van der Waals surface area contributed by atoms with Gasteiger partial charge in [0.2, 0.25) is 0 Å². The molecule has 51 heavy (non-hydrogen) atoms. The van der Waals surface area contributed by atoms with Crippen LogP contribution in [0.3, 0.4) is 0 Å². The van der Waals surface area contributed by atoms with Gasteiger partial charge in [-0.15, -0.1) is 6.07 Å². The van der Waals surface area contributed by atoms with Gasteiger partial charge in [0.25, 0.3) is 0 Å². The summed E-state index contributed by atoms with van der Waals surface area (Å²) in [7, 11) is 8.38. The molecule has 0 saturated heterocycles. The van der Waals surface area contributed by atoms with Gasteiger partial charge in [-0.05, 0) is 17.4 Å². The second kappa shape index (κ2) is 15.1. The van der Waals surface area contributed by atoms with Crippen molar-refractivity contribution in [2.75, 3.05) is 0 Å². The van der Waals surface area contributed by atoms with Crippen molar-refractivity contribution in [1.29, 1.82) is 0 Å². The fraction of sp³-hybridized carbons (Fsp3) is 0.174. The summed E-state index contributed by atoms with van der Waals surface area (Å²) in [5, 5.41) is 2.21. The molecule has 0 atom stereocenters. The zero-order valence-corrected chi connectivity index (χ0v) is 35.2. The van der Waals surface area contributed by atoms with Gasteiger partial charge in [0.1, 0.15) is 5.58 Å². The normalized spacial score (nSPS) is 11.6. The predicted molar refractivity (Wildman–Crippen MR) is 213 cm³/mol. The Kier molecular flexibility index (Phi) is 11.2. The molecule has 0 aliphatic carbocycles. The summed E-state index contributed by atoms with van der Waals surface area (Å²) in [5.74, 6) is 7.18. The first kappa shape index (κ1) is 37.9. The standard InChI is InChI=1S/C30H28NO.C16H20GeN.Ir/c1-20-14-15-25-24-13-9-12-23(22-10-7-6-8-11-22)28(24)32-29(25)27(20)26-18-21(16-17-31(26)5)19-30(2,3)4;1-13-8-6-7-9-15(13)16-11-10-14(12-18(16)5)17(2,3)4;/h6-18H,1,5,19H2,2-4H3;6-12H,1,5H2,2-4H3;/q2*-1;. The smallest absolute Gasteiger partial charge is 0 e. The van der Waals surface area contributed by atoms with E-state index in [1.807, 2.05) is 39.6 Å². The third-order valence-corrected chi connectivity index (χ3v) is 13.4. The molecule has 0 saturated carbocycles. The summed E-state index contributed by atoms with van der Waals surface area (Å²) < 4.78 is 12.0. The van der Waals surface area contributed by atoms with Crippen LogP contribution in [-0.2, 0) is 26.5 Å². The van der Waals surface area contributed by atoms with Crippen molar-refractivity contribution in [3.63, 3.8) is 0 Å². The van der Waals surface area contributed by atoms with Gasteiger partial charge in [-0.2, -0.15) is 18.6 Å². The molecule has 3 heterocycles. The molecule has 3 aromatic heterocycles. The zero-order chi connectivity index (χ0) is 35.8. The third kappa shape index (κ3) is 8.26. The average molecular weight is 910 g/mol. The van der Waals surface area contributed by atoms with E-state index in [9.17, 15) is 0 Å². The molecule has 0 amide bonds. The Balaban J connectivity index is 0.000000226. The molecule has 0 bridgehead atoms. The summed E-state index contributed by atoms with van der Waals surface area (Å²) >= 11 is -1.78. The number of rotatable bonds is 5. The van der Waals surface area contributed by atoms with Crippen LogP contribution in [0.15, 0.2) is 126 Å². The van der Waals surface area contributed by atoms with Crippen LogP contribution in [0.25, 0.3) is 55.6 Å². The number of aromatic nitrogens is 2. The predicted octanol–water partition coefficient (Wildman–Crippen LogP) is 10.6. The van der Waals surface area contributed by atoms with E-state index in [4.69, 9.17) is 4.42 Å². The molecule has 0 fully saturated rings. The minimum atomic E-state index is -1.78. The monoisotopic (exact) mass is 911 g/mol. The topological polar surface area (TPSA) is 20.9 Å². The average Bonchev–Trinajstić information content (AvgIpc) is 3.45. The van der Waals surface area contributed by atoms with E-state index in [1.165, 1.54) is 9.96 Å². The van der Waals surface area contributed by atoms with E-state index >= 15 is 0 Å². The Morgan fingerprint density at radius 2 is 1.31 bits per heavy atom. The maximum atomic E-state index is 6.62. The molecule has 7 aromatic rings. The van der Waals surface area contributed by atoms with Crippen LogP contribution in [0, 0.1) is 33.4 Å². The van der Waals surface area contributed by atoms with Gasteiger partial charge in [0.05, 0.1) is 17.5 Å². The molecule has 1 radical (unpaired) electrons. The third-order valence-electron chi connectivity index (χ3n) is 9.11. The summed E-state index contributed by atoms with van der Waals surface area (Å²) in [6.45, 7) is 15.2. The van der Waals surface area contributed by atoms with Crippen molar-refractivity contribution in [3.05, 3.63) is 166 Å². The summed E-state index contributed by atoms with van der Waals surface area (Å²) in [4.78, 5) is 0. The Morgan fingerprint density at radius 3 is 1.98 bits per heavy atom. The second-order valence-corrected chi connectivity index (χ2v) is 26.1. The molecule has 0 aliphatic rings. The SMILES string of the molecule is [CH2-]c1ccc2c(oc3c(-c4ccccc4)cccc32)c1-c1cc(CC(C)(C)C)cc[n+]1[CH2-].[CH2-]c1ccccc1-c1cc[c]([Ge]([CH3])([CH3])[CH3])c[n+]1[CH2-].[Ir]. The first-order valence-corrected chi connectivity index (χ1v) is 24.6. The fourth-order valence-corrected chi connectivity index (χ4v) is 8.91. The molecule has 0 spiro atoms. The van der Waals surface area contributed by atoms with Crippen LogP contribution in [0.5, 0.6) is 0 Å². The van der Waals surface area contributed by atoms with Crippen LogP contribution < -0.4 is 13.5 Å². The van der Waals surface area contributed by atoms with Gasteiger partial charge >= 0.3 is 113 Å². The van der Waals surface area contributed by atoms with Gasteiger partial charge in [0, 0.05) is 43.5 Å². The van der Waals surface area contributed by atoms with Gasteiger partial charge < -0.3 is 8.98 Å². The molecule has 0 aliphatic heterocycles. The van der Waals surface area contributed by atoms with Crippen molar-refractivity contribution >= 4 is 39.6 Å². The van der Waals surface area contributed by atoms with Gasteiger partial charge in [-0.25, -0.2) is 0 Å². The van der Waals surface area contributed by atoms with E-state index in [2.05, 4.69) is 157 Å². The quantitative estimate of drug-likeness (QED) is 0.0958. The van der Waals surface area contributed by atoms with Crippen LogP contribution in [0.4, 0.5) is 0 Å². The number of furan rings is 1. The Bertz CT molecular complexity index is 2310. The molecule has 3 nitrogen and oxygen atoms in total. The van der Waals surface area contributed by atoms with Gasteiger partial charge in [0.15, 0.2) is 0 Å². The van der Waals surface area contributed by atoms with Crippen molar-refractivity contribution in [1.82, 2.24) is 0 Å². The van der Waals surface area contributed by atoms with E-state index < -0.39 is 13.3 Å². The zero-order valence-electron chi connectivity index (χ0n) is 30.7. The summed E-state index contributed by atoms with van der Waals surface area (Å²) in [5.41, 5.74) is 11.8. The Morgan fingerprint density at radius 1 is 0.647 bits per heavy atom. The van der Waals surface area contributed by atoms with Crippen molar-refractivity contribution in [2.45, 2.75) is 44.5 Å². The number of para-hydroxylation sites is 1. The molecule has 7 rings (SSSR count). The van der Waals surface area contributed by atoms with E-state index in [1.54, 1.807) is 0 Å². The second-order valence-electron chi connectivity index (χ2n) is 15.4. The summed E-state index contributed by atoms with van der Waals surface area (Å²) in [6.07, 6.45) is 5.20. The van der Waals surface area contributed by atoms with Crippen molar-refractivity contribution in [2.24, 2.45) is 5.41 Å². The van der Waals surface area contributed by atoms with E-state index in [-0.39, 0.29) is 25.5 Å². The van der Waals surface area contributed by atoms with E-state index in [0.29, 0.717) is 0 Å². The number of pyridine rings is 2. The van der Waals surface area contributed by atoms with E-state index in [0.717, 1.165) is 73.1 Å². The van der Waals surface area contributed by atoms with Crippen LogP contribution >= 0.6 is 0 Å². The van der Waals surface area contributed by atoms with Crippen LogP contribution in [0.2, 0.25) is 17.3 Å². The minimum Gasteiger partial charge on any atom is 0 e. The molecule has 0 N–H and O–H groups in total. The number of nitrogens with zero attached hydrogens (tertiary/aromatic N) is 2. The fourth-order valence-electron chi connectivity index (χ4n) is 6.54. The molecule has 5 heteroatoms. The first-order valence-electron chi connectivity index (χ1n) is 17.2.